The molecule has 2 heterocycles. The van der Waals surface area contributed by atoms with Crippen molar-refractivity contribution in [1.82, 2.24) is 15.2 Å². The second kappa shape index (κ2) is 6.20. The summed E-state index contributed by atoms with van der Waals surface area (Å²) in [5, 5.41) is 5.98. The van der Waals surface area contributed by atoms with Gasteiger partial charge >= 0.3 is 6.03 Å². The van der Waals surface area contributed by atoms with Crippen molar-refractivity contribution in [2.75, 3.05) is 13.7 Å². The topological polar surface area (TPSA) is 54.5 Å². The van der Waals surface area contributed by atoms with Gasteiger partial charge in [0, 0.05) is 23.7 Å². The number of aryl methyl sites for hydroxylation is 2. The van der Waals surface area contributed by atoms with Crippen molar-refractivity contribution in [2.45, 2.75) is 33.4 Å². The summed E-state index contributed by atoms with van der Waals surface area (Å²) in [6.45, 7) is 7.06. The number of rotatable bonds is 3. The van der Waals surface area contributed by atoms with E-state index in [1.807, 2.05) is 18.4 Å². The molecule has 0 aliphatic carbocycles. The van der Waals surface area contributed by atoms with Gasteiger partial charge in [-0.1, -0.05) is 12.1 Å². The van der Waals surface area contributed by atoms with Crippen LogP contribution in [0, 0.1) is 20.8 Å². The molecule has 1 aliphatic rings. The fourth-order valence-corrected chi connectivity index (χ4v) is 3.49. The number of thiazole rings is 1. The summed E-state index contributed by atoms with van der Waals surface area (Å²) in [5.41, 5.74) is 4.39. The molecule has 0 radical (unpaired) electrons. The molecule has 2 amide bonds. The van der Waals surface area contributed by atoms with Gasteiger partial charge in [0.05, 0.1) is 12.6 Å². The van der Waals surface area contributed by atoms with Crippen molar-refractivity contribution >= 4 is 17.4 Å². The third-order valence-corrected chi connectivity index (χ3v) is 5.11. The third-order valence-electron chi connectivity index (χ3n) is 4.16. The molecule has 1 aromatic heterocycles. The molecule has 122 valence electrons. The highest BCUT2D eigenvalue weighted by Gasteiger charge is 2.28. The van der Waals surface area contributed by atoms with E-state index in [2.05, 4.69) is 30.2 Å². The van der Waals surface area contributed by atoms with E-state index in [0.29, 0.717) is 13.2 Å². The van der Waals surface area contributed by atoms with Crippen LogP contribution in [0.5, 0.6) is 5.75 Å². The molecule has 5 nitrogen and oxygen atoms in total. The highest BCUT2D eigenvalue weighted by Crippen LogP contribution is 2.36. The Hall–Kier alpha value is -2.08. The molecule has 0 fully saturated rings. The second-order valence-electron chi connectivity index (χ2n) is 5.98. The number of urea groups is 1. The summed E-state index contributed by atoms with van der Waals surface area (Å²) < 4.78 is 5.78. The highest BCUT2D eigenvalue weighted by atomic mass is 32.1. The first kappa shape index (κ1) is 15.8. The number of hydrogen-bond acceptors (Lipinski definition) is 4. The number of aromatic nitrogens is 1. The number of hydrogen-bond donors (Lipinski definition) is 1. The zero-order valence-corrected chi connectivity index (χ0v) is 14.7. The quantitative estimate of drug-likeness (QED) is 0.938. The number of benzene rings is 1. The number of nitrogens with one attached hydrogen (secondary N) is 1. The number of fused-ring (bicyclic) bond motifs is 1. The Labute approximate surface area is 140 Å². The minimum absolute atomic E-state index is 0.0997. The molecule has 0 unspecified atom stereocenters. The lowest BCUT2D eigenvalue weighted by Gasteiger charge is -2.19. The average Bonchev–Trinajstić information content (AvgIpc) is 3.10. The van der Waals surface area contributed by atoms with Crippen molar-refractivity contribution in [3.8, 4) is 5.75 Å². The zero-order valence-electron chi connectivity index (χ0n) is 13.8. The van der Waals surface area contributed by atoms with E-state index in [9.17, 15) is 4.79 Å². The van der Waals surface area contributed by atoms with Gasteiger partial charge < -0.3 is 15.0 Å². The van der Waals surface area contributed by atoms with Crippen LogP contribution >= 0.6 is 11.3 Å². The van der Waals surface area contributed by atoms with E-state index in [1.165, 1.54) is 5.56 Å². The van der Waals surface area contributed by atoms with E-state index in [-0.39, 0.29) is 12.1 Å². The number of amides is 2. The summed E-state index contributed by atoms with van der Waals surface area (Å²) >= 11 is 1.57. The maximum atomic E-state index is 12.4. The molecular weight excluding hydrogens is 310 g/mol. The SMILES string of the molecule is Cc1csc(CN(C)C(=O)N[C@@H]2COc3c2ccc(C)c3C)n1. The normalized spacial score (nSPS) is 15.9. The molecule has 1 N–H and O–H groups in total. The molecule has 0 bridgehead atoms. The van der Waals surface area contributed by atoms with Gasteiger partial charge in [-0.3, -0.25) is 0 Å². The first-order valence-corrected chi connectivity index (χ1v) is 8.49. The van der Waals surface area contributed by atoms with Crippen LogP contribution in [0.3, 0.4) is 0 Å². The Morgan fingerprint density at radius 3 is 2.91 bits per heavy atom. The Morgan fingerprint density at radius 2 is 2.22 bits per heavy atom. The zero-order chi connectivity index (χ0) is 16.6. The van der Waals surface area contributed by atoms with Crippen LogP contribution in [-0.4, -0.2) is 29.6 Å². The van der Waals surface area contributed by atoms with Crippen LogP contribution < -0.4 is 10.1 Å². The standard InChI is InChI=1S/C17H21N3O2S/c1-10-5-6-13-14(8-22-16(13)12(10)3)19-17(21)20(4)7-15-18-11(2)9-23-15/h5-6,9,14H,7-8H2,1-4H3,(H,19,21)/t14-/m1/s1. The van der Waals surface area contributed by atoms with Gasteiger partial charge in [0.1, 0.15) is 17.4 Å². The lowest BCUT2D eigenvalue weighted by Crippen LogP contribution is -2.39. The van der Waals surface area contributed by atoms with Gasteiger partial charge in [0.15, 0.2) is 0 Å². The fraction of sp³-hybridized carbons (Fsp3) is 0.412. The Balaban J connectivity index is 1.67. The molecule has 3 rings (SSSR count). The van der Waals surface area contributed by atoms with Crippen LogP contribution in [0.15, 0.2) is 17.5 Å². The van der Waals surface area contributed by atoms with Gasteiger partial charge in [0.2, 0.25) is 0 Å². The van der Waals surface area contributed by atoms with Crippen molar-refractivity contribution in [1.29, 1.82) is 0 Å². The van der Waals surface area contributed by atoms with Gasteiger partial charge in [-0.25, -0.2) is 9.78 Å². The predicted molar refractivity (Wildman–Crippen MR) is 91.0 cm³/mol. The van der Waals surface area contributed by atoms with E-state index >= 15 is 0 Å². The van der Waals surface area contributed by atoms with E-state index in [4.69, 9.17) is 4.74 Å². The smallest absolute Gasteiger partial charge is 0.318 e. The Kier molecular flexibility index (Phi) is 4.26. The number of carbonyl (C=O) groups is 1. The number of nitrogens with zero attached hydrogens (tertiary/aromatic N) is 2. The molecule has 1 aromatic carbocycles. The molecule has 6 heteroatoms. The predicted octanol–water partition coefficient (Wildman–Crippen LogP) is 3.34. The van der Waals surface area contributed by atoms with Crippen LogP contribution in [0.2, 0.25) is 0 Å². The van der Waals surface area contributed by atoms with Crippen molar-refractivity contribution in [2.24, 2.45) is 0 Å². The van der Waals surface area contributed by atoms with Crippen LogP contribution in [0.4, 0.5) is 4.79 Å². The molecule has 0 saturated carbocycles. The largest absolute Gasteiger partial charge is 0.490 e. The van der Waals surface area contributed by atoms with Gasteiger partial charge in [0.25, 0.3) is 0 Å². The van der Waals surface area contributed by atoms with Crippen molar-refractivity contribution in [3.63, 3.8) is 0 Å². The molecule has 1 aliphatic heterocycles. The number of ether oxygens (including phenoxy) is 1. The lowest BCUT2D eigenvalue weighted by atomic mass is 10.0. The van der Waals surface area contributed by atoms with Crippen LogP contribution in [0.25, 0.3) is 0 Å². The van der Waals surface area contributed by atoms with Crippen LogP contribution in [-0.2, 0) is 6.54 Å². The maximum absolute atomic E-state index is 12.4. The third kappa shape index (κ3) is 3.17. The molecular formula is C17H21N3O2S. The van der Waals surface area contributed by atoms with Gasteiger partial charge in [-0.05, 0) is 31.9 Å². The summed E-state index contributed by atoms with van der Waals surface area (Å²) in [4.78, 5) is 18.5. The molecule has 23 heavy (non-hydrogen) atoms. The van der Waals surface area contributed by atoms with E-state index in [0.717, 1.165) is 27.6 Å². The molecule has 0 saturated heterocycles. The minimum Gasteiger partial charge on any atom is -0.490 e. The van der Waals surface area contributed by atoms with Crippen molar-refractivity contribution < 1.29 is 9.53 Å². The Morgan fingerprint density at radius 1 is 1.43 bits per heavy atom. The first-order valence-electron chi connectivity index (χ1n) is 7.61. The summed E-state index contributed by atoms with van der Waals surface area (Å²) in [6, 6.07) is 3.90. The van der Waals surface area contributed by atoms with Crippen LogP contribution in [0.1, 0.15) is 33.4 Å². The summed E-state index contributed by atoms with van der Waals surface area (Å²) in [6.07, 6.45) is 0. The maximum Gasteiger partial charge on any atom is 0.318 e. The average molecular weight is 331 g/mol. The van der Waals surface area contributed by atoms with Crippen molar-refractivity contribution in [3.05, 3.63) is 44.9 Å². The van der Waals surface area contributed by atoms with Gasteiger partial charge in [-0.15, -0.1) is 11.3 Å². The molecule has 2 aromatic rings. The second-order valence-corrected chi connectivity index (χ2v) is 6.92. The first-order chi connectivity index (χ1) is 11.0. The molecule has 1 atom stereocenters. The fourth-order valence-electron chi connectivity index (χ4n) is 2.66. The molecule has 0 spiro atoms. The Bertz CT molecular complexity index is 741. The van der Waals surface area contributed by atoms with Gasteiger partial charge in [-0.2, -0.15) is 0 Å². The van der Waals surface area contributed by atoms with E-state index in [1.54, 1.807) is 23.3 Å². The van der Waals surface area contributed by atoms with E-state index < -0.39 is 0 Å². The monoisotopic (exact) mass is 331 g/mol. The minimum atomic E-state index is -0.113. The highest BCUT2D eigenvalue weighted by molar-refractivity contribution is 7.09. The number of carbonyl (C=O) groups excluding carboxylic acids is 1. The summed E-state index contributed by atoms with van der Waals surface area (Å²) in [5.74, 6) is 0.911. The lowest BCUT2D eigenvalue weighted by molar-refractivity contribution is 0.199. The summed E-state index contributed by atoms with van der Waals surface area (Å²) in [7, 11) is 1.78.